The molecule has 0 saturated carbocycles. The van der Waals surface area contributed by atoms with Crippen molar-refractivity contribution < 1.29 is 14.6 Å². The van der Waals surface area contributed by atoms with Gasteiger partial charge in [0.15, 0.2) is 11.5 Å². The Morgan fingerprint density at radius 3 is 2.72 bits per heavy atom. The summed E-state index contributed by atoms with van der Waals surface area (Å²) in [5.41, 5.74) is 2.09. The fourth-order valence-corrected chi connectivity index (χ4v) is 3.03. The summed E-state index contributed by atoms with van der Waals surface area (Å²) in [6.45, 7) is 2.24. The van der Waals surface area contributed by atoms with Crippen LogP contribution in [0.15, 0.2) is 40.9 Å². The van der Waals surface area contributed by atoms with Crippen molar-refractivity contribution in [1.29, 1.82) is 0 Å². The standard InChI is InChI=1S/C19H23BrClNO3/c1-24-18-10-15(12-22-7-2-3-8-23)17(20)11-19(18)25-13-14-5-4-6-16(21)9-14/h4-6,9-11,22-23H,2-3,7-8,12-13H2,1H3. The molecule has 6 heteroatoms. The second-order valence-corrected chi connectivity index (χ2v) is 6.91. The van der Waals surface area contributed by atoms with Crippen molar-refractivity contribution in [1.82, 2.24) is 5.32 Å². The first-order valence-electron chi connectivity index (χ1n) is 8.19. The van der Waals surface area contributed by atoms with Crippen LogP contribution >= 0.6 is 27.5 Å². The van der Waals surface area contributed by atoms with Crippen molar-refractivity contribution in [2.75, 3.05) is 20.3 Å². The molecule has 0 fully saturated rings. The van der Waals surface area contributed by atoms with Gasteiger partial charge in [-0.1, -0.05) is 39.7 Å². The first kappa shape index (κ1) is 20.0. The smallest absolute Gasteiger partial charge is 0.162 e. The zero-order valence-electron chi connectivity index (χ0n) is 14.2. The SMILES string of the molecule is COc1cc(CNCCCCO)c(Br)cc1OCc1cccc(Cl)c1. The lowest BCUT2D eigenvalue weighted by atomic mass is 10.2. The molecule has 2 aromatic carbocycles. The second-order valence-electron chi connectivity index (χ2n) is 5.62. The highest BCUT2D eigenvalue weighted by Crippen LogP contribution is 2.34. The predicted octanol–water partition coefficient (Wildman–Crippen LogP) is 4.55. The van der Waals surface area contributed by atoms with Gasteiger partial charge in [-0.25, -0.2) is 0 Å². The molecule has 2 rings (SSSR count). The monoisotopic (exact) mass is 427 g/mol. The Labute approximate surface area is 162 Å². The highest BCUT2D eigenvalue weighted by molar-refractivity contribution is 9.10. The first-order chi connectivity index (χ1) is 12.1. The molecule has 0 aliphatic carbocycles. The highest BCUT2D eigenvalue weighted by Gasteiger charge is 2.11. The van der Waals surface area contributed by atoms with Crippen LogP contribution < -0.4 is 14.8 Å². The van der Waals surface area contributed by atoms with Gasteiger partial charge >= 0.3 is 0 Å². The maximum Gasteiger partial charge on any atom is 0.162 e. The van der Waals surface area contributed by atoms with Gasteiger partial charge < -0.3 is 19.9 Å². The minimum atomic E-state index is 0.234. The molecule has 0 aliphatic heterocycles. The second kappa shape index (κ2) is 10.7. The number of hydrogen-bond acceptors (Lipinski definition) is 4. The first-order valence-corrected chi connectivity index (χ1v) is 9.36. The lowest BCUT2D eigenvalue weighted by Gasteiger charge is -2.14. The fraction of sp³-hybridized carbons (Fsp3) is 0.368. The van der Waals surface area contributed by atoms with Gasteiger partial charge in [0.1, 0.15) is 6.61 Å². The lowest BCUT2D eigenvalue weighted by molar-refractivity contribution is 0.283. The number of benzene rings is 2. The third-order valence-electron chi connectivity index (χ3n) is 3.69. The van der Waals surface area contributed by atoms with Crippen LogP contribution in [0.3, 0.4) is 0 Å². The molecule has 0 aromatic heterocycles. The number of aliphatic hydroxyl groups excluding tert-OH is 1. The van der Waals surface area contributed by atoms with Gasteiger partial charge in [-0.3, -0.25) is 0 Å². The fourth-order valence-electron chi connectivity index (χ4n) is 2.36. The van der Waals surface area contributed by atoms with Crippen LogP contribution in [-0.2, 0) is 13.2 Å². The van der Waals surface area contributed by atoms with E-state index in [4.69, 9.17) is 26.2 Å². The zero-order valence-corrected chi connectivity index (χ0v) is 16.6. The van der Waals surface area contributed by atoms with Gasteiger partial charge in [-0.15, -0.1) is 0 Å². The van der Waals surface area contributed by atoms with E-state index in [9.17, 15) is 0 Å². The Morgan fingerprint density at radius 2 is 2.00 bits per heavy atom. The number of hydrogen-bond donors (Lipinski definition) is 2. The Balaban J connectivity index is 2.00. The molecule has 0 aliphatic rings. The van der Waals surface area contributed by atoms with Crippen LogP contribution in [0.1, 0.15) is 24.0 Å². The van der Waals surface area contributed by atoms with E-state index in [0.717, 1.165) is 41.5 Å². The van der Waals surface area contributed by atoms with Crippen LogP contribution in [-0.4, -0.2) is 25.4 Å². The van der Waals surface area contributed by atoms with Crippen LogP contribution in [0.4, 0.5) is 0 Å². The molecule has 0 radical (unpaired) electrons. The van der Waals surface area contributed by atoms with Crippen molar-refractivity contribution in [3.63, 3.8) is 0 Å². The predicted molar refractivity (Wildman–Crippen MR) is 105 cm³/mol. The van der Waals surface area contributed by atoms with E-state index in [1.54, 1.807) is 7.11 Å². The molecule has 0 unspecified atom stereocenters. The summed E-state index contributed by atoms with van der Waals surface area (Å²) >= 11 is 9.60. The van der Waals surface area contributed by atoms with Crippen LogP contribution in [0.2, 0.25) is 5.02 Å². The number of nitrogens with one attached hydrogen (secondary N) is 1. The van der Waals surface area contributed by atoms with Crippen molar-refractivity contribution in [3.05, 3.63) is 57.0 Å². The minimum Gasteiger partial charge on any atom is -0.493 e. The highest BCUT2D eigenvalue weighted by atomic mass is 79.9. The molecule has 0 amide bonds. The molecule has 4 nitrogen and oxygen atoms in total. The largest absolute Gasteiger partial charge is 0.493 e. The number of ether oxygens (including phenoxy) is 2. The van der Waals surface area contributed by atoms with Crippen LogP contribution in [0.5, 0.6) is 11.5 Å². The Hall–Kier alpha value is -1.27. The number of unbranched alkanes of at least 4 members (excludes halogenated alkanes) is 1. The van der Waals surface area contributed by atoms with Crippen molar-refractivity contribution in [3.8, 4) is 11.5 Å². The number of rotatable bonds is 10. The van der Waals surface area contributed by atoms with Crippen molar-refractivity contribution in [2.45, 2.75) is 26.0 Å². The van der Waals surface area contributed by atoms with E-state index in [1.807, 2.05) is 36.4 Å². The van der Waals surface area contributed by atoms with Gasteiger partial charge in [0, 0.05) is 22.6 Å². The van der Waals surface area contributed by atoms with Crippen LogP contribution in [0, 0.1) is 0 Å². The molecule has 0 bridgehead atoms. The average molecular weight is 429 g/mol. The average Bonchev–Trinajstić information content (AvgIpc) is 2.61. The topological polar surface area (TPSA) is 50.7 Å². The molecule has 0 heterocycles. The van der Waals surface area contributed by atoms with Gasteiger partial charge in [-0.2, -0.15) is 0 Å². The Bertz CT molecular complexity index is 682. The maximum atomic E-state index is 8.80. The van der Waals surface area contributed by atoms with Crippen LogP contribution in [0.25, 0.3) is 0 Å². The third-order valence-corrected chi connectivity index (χ3v) is 4.67. The summed E-state index contributed by atoms with van der Waals surface area (Å²) in [4.78, 5) is 0. The molecule has 25 heavy (non-hydrogen) atoms. The van der Waals surface area contributed by atoms with E-state index >= 15 is 0 Å². The molecule has 2 N–H and O–H groups in total. The van der Waals surface area contributed by atoms with E-state index in [1.165, 1.54) is 0 Å². The molecule has 0 spiro atoms. The van der Waals surface area contributed by atoms with E-state index in [2.05, 4.69) is 21.2 Å². The number of methoxy groups -OCH3 is 1. The summed E-state index contributed by atoms with van der Waals surface area (Å²) in [6, 6.07) is 11.5. The van der Waals surface area contributed by atoms with Crippen molar-refractivity contribution >= 4 is 27.5 Å². The van der Waals surface area contributed by atoms with Crippen molar-refractivity contribution in [2.24, 2.45) is 0 Å². The lowest BCUT2D eigenvalue weighted by Crippen LogP contribution is -2.15. The normalized spacial score (nSPS) is 10.7. The third kappa shape index (κ3) is 6.51. The summed E-state index contributed by atoms with van der Waals surface area (Å²) in [7, 11) is 1.63. The Kier molecular flexibility index (Phi) is 8.55. The molecule has 0 atom stereocenters. The molecule has 136 valence electrons. The minimum absolute atomic E-state index is 0.234. The summed E-state index contributed by atoms with van der Waals surface area (Å²) in [5, 5.41) is 12.9. The quantitative estimate of drug-likeness (QED) is 0.545. The molecular formula is C19H23BrClNO3. The van der Waals surface area contributed by atoms with Gasteiger partial charge in [0.05, 0.1) is 7.11 Å². The van der Waals surface area contributed by atoms with E-state index in [0.29, 0.717) is 23.1 Å². The van der Waals surface area contributed by atoms with Gasteiger partial charge in [0.25, 0.3) is 0 Å². The van der Waals surface area contributed by atoms with Gasteiger partial charge in [-0.05, 0) is 54.8 Å². The van der Waals surface area contributed by atoms with Gasteiger partial charge in [0.2, 0.25) is 0 Å². The zero-order chi connectivity index (χ0) is 18.1. The number of aliphatic hydroxyl groups is 1. The van der Waals surface area contributed by atoms with E-state index in [-0.39, 0.29) is 6.61 Å². The van der Waals surface area contributed by atoms with E-state index < -0.39 is 0 Å². The Morgan fingerprint density at radius 1 is 1.16 bits per heavy atom. The maximum absolute atomic E-state index is 8.80. The summed E-state index contributed by atoms with van der Waals surface area (Å²) in [6.07, 6.45) is 1.76. The summed E-state index contributed by atoms with van der Waals surface area (Å²) in [5.74, 6) is 1.37. The molecular weight excluding hydrogens is 406 g/mol. The summed E-state index contributed by atoms with van der Waals surface area (Å²) < 4.78 is 12.3. The molecule has 2 aromatic rings. The molecule has 0 saturated heterocycles. The number of halogens is 2.